The molecule has 2 N–H and O–H groups in total. The lowest BCUT2D eigenvalue weighted by atomic mass is 9.91. The number of carbonyl (C=O) groups is 2. The van der Waals surface area contributed by atoms with Gasteiger partial charge in [0, 0.05) is 26.2 Å². The summed E-state index contributed by atoms with van der Waals surface area (Å²) in [6.07, 6.45) is -16.0. The van der Waals surface area contributed by atoms with Gasteiger partial charge in [0.2, 0.25) is 16.5 Å². The summed E-state index contributed by atoms with van der Waals surface area (Å²) in [7, 11) is 0. The molecule has 1 heterocycles. The minimum absolute atomic E-state index is 0.0857. The minimum Gasteiger partial charge on any atom is -0.349 e. The van der Waals surface area contributed by atoms with Gasteiger partial charge in [0.25, 0.3) is 11.8 Å². The number of amides is 2. The van der Waals surface area contributed by atoms with Crippen LogP contribution in [0.15, 0.2) is 0 Å². The first-order valence-electron chi connectivity index (χ1n) is 14.4. The maximum Gasteiger partial charge on any atom is 0.460 e. The molecule has 1 aromatic rings. The molecule has 0 saturated carbocycles. The van der Waals surface area contributed by atoms with Gasteiger partial charge in [0.1, 0.15) is 0 Å². The van der Waals surface area contributed by atoms with Crippen LogP contribution in [0.1, 0.15) is 0 Å². The second-order valence-electron chi connectivity index (χ2n) is 11.6. The lowest BCUT2D eigenvalue weighted by molar-refractivity contribution is -0.449. The first-order valence-corrected chi connectivity index (χ1v) is 15.1. The van der Waals surface area contributed by atoms with E-state index in [0.717, 1.165) is 0 Å². The van der Waals surface area contributed by atoms with Crippen molar-refractivity contribution in [2.75, 3.05) is 31.1 Å². The lowest BCUT2D eigenvalue weighted by Gasteiger charge is -2.41. The molecule has 0 unspecified atom stereocenters. The predicted octanol–water partition coefficient (Wildman–Crippen LogP) is 8.97. The number of hydrogen-bond donors (Lipinski definition) is 2. The second kappa shape index (κ2) is 16.6. The summed E-state index contributed by atoms with van der Waals surface area (Å²) in [6.45, 7) is -7.45. The van der Waals surface area contributed by atoms with E-state index >= 15 is 0 Å². The van der Waals surface area contributed by atoms with E-state index in [0.29, 0.717) is 10.6 Å². The van der Waals surface area contributed by atoms with Crippen molar-refractivity contribution in [3.8, 4) is 0 Å². The quantitative estimate of drug-likeness (QED) is 0.134. The second-order valence-corrected chi connectivity index (χ2v) is 12.2. The Morgan fingerprint density at radius 1 is 0.381 bits per heavy atom. The van der Waals surface area contributed by atoms with Crippen LogP contribution in [0.5, 0.6) is 0 Å². The number of aromatic nitrogens is 3. The highest BCUT2D eigenvalue weighted by Crippen LogP contribution is 2.64. The van der Waals surface area contributed by atoms with E-state index in [4.69, 9.17) is 23.2 Å². The average molecular weight is 1040 g/mol. The molecule has 0 spiro atoms. The van der Waals surface area contributed by atoms with Gasteiger partial charge in [-0.05, 0) is 23.2 Å². The molecule has 8 nitrogen and oxygen atoms in total. The minimum atomic E-state index is -8.84. The molecular formula is C23H10Cl2F30N6O2. The van der Waals surface area contributed by atoms with E-state index in [2.05, 4.69) is 15.0 Å². The summed E-state index contributed by atoms with van der Waals surface area (Å²) in [4.78, 5) is 32.6. The van der Waals surface area contributed by atoms with Gasteiger partial charge in [0.15, 0.2) is 0 Å². The SMILES string of the molecule is O=C(NCCN(CCNC(=O)C(F)(F)C(F)(F)C(F)(F)C(F)(F)C(F)(F)C(F)(F)C(F)(F)F)c1nc(Cl)nc(Cl)n1)C(F)(F)C(F)(F)C(F)(F)C(F)(F)C(F)(F)C(F)(F)C(F)(F)F. The van der Waals surface area contributed by atoms with E-state index in [9.17, 15) is 141 Å². The molecule has 0 atom stereocenters. The maximum absolute atomic E-state index is 14.2. The fraction of sp³-hybridized carbons (Fsp3) is 0.783. The summed E-state index contributed by atoms with van der Waals surface area (Å²) >= 11 is 10.7. The van der Waals surface area contributed by atoms with Crippen LogP contribution in [0.4, 0.5) is 138 Å². The number of rotatable bonds is 19. The highest BCUT2D eigenvalue weighted by molar-refractivity contribution is 6.31. The molecule has 0 saturated heterocycles. The number of halogens is 32. The summed E-state index contributed by atoms with van der Waals surface area (Å²) in [6, 6.07) is 0. The number of nitrogens with zero attached hydrogens (tertiary/aromatic N) is 4. The van der Waals surface area contributed by atoms with Gasteiger partial charge in [-0.3, -0.25) is 9.59 Å². The fourth-order valence-electron chi connectivity index (χ4n) is 3.82. The smallest absolute Gasteiger partial charge is 0.349 e. The van der Waals surface area contributed by atoms with Crippen molar-refractivity contribution in [2.45, 2.75) is 83.4 Å². The van der Waals surface area contributed by atoms with E-state index in [-0.39, 0.29) is 4.90 Å². The largest absolute Gasteiger partial charge is 0.460 e. The van der Waals surface area contributed by atoms with Crippen molar-refractivity contribution in [2.24, 2.45) is 0 Å². The van der Waals surface area contributed by atoms with E-state index in [1.54, 1.807) is 0 Å². The maximum atomic E-state index is 14.2. The van der Waals surface area contributed by atoms with Gasteiger partial charge in [-0.25, -0.2) is 0 Å². The van der Waals surface area contributed by atoms with Gasteiger partial charge in [0.05, 0.1) is 0 Å². The van der Waals surface area contributed by atoms with Crippen LogP contribution >= 0.6 is 23.2 Å². The van der Waals surface area contributed by atoms with Gasteiger partial charge in [-0.1, -0.05) is 0 Å². The van der Waals surface area contributed by atoms with Crippen LogP contribution in [-0.4, -0.2) is 136 Å². The van der Waals surface area contributed by atoms with E-state index in [1.165, 1.54) is 0 Å². The summed E-state index contributed by atoms with van der Waals surface area (Å²) in [5.41, 5.74) is 0. The zero-order chi connectivity index (χ0) is 50.8. The zero-order valence-corrected chi connectivity index (χ0v) is 29.5. The van der Waals surface area contributed by atoms with Gasteiger partial charge < -0.3 is 15.5 Å². The fourth-order valence-corrected chi connectivity index (χ4v) is 4.17. The zero-order valence-electron chi connectivity index (χ0n) is 28.0. The number of hydrogen-bond acceptors (Lipinski definition) is 6. The molecular weight excluding hydrogens is 1030 g/mol. The molecule has 0 radical (unpaired) electrons. The monoisotopic (exact) mass is 1040 g/mol. The number of anilines is 1. The van der Waals surface area contributed by atoms with Crippen LogP contribution in [0, 0.1) is 0 Å². The Balaban J connectivity index is 3.46. The van der Waals surface area contributed by atoms with Crippen LogP contribution < -0.4 is 15.5 Å². The predicted molar refractivity (Wildman–Crippen MR) is 140 cm³/mol. The van der Waals surface area contributed by atoms with Crippen molar-refractivity contribution in [1.29, 1.82) is 0 Å². The molecule has 2 amide bonds. The molecule has 0 fully saturated rings. The lowest BCUT2D eigenvalue weighted by Crippen LogP contribution is -2.74. The molecule has 1 aromatic heterocycles. The highest BCUT2D eigenvalue weighted by atomic mass is 35.5. The van der Waals surface area contributed by atoms with Crippen molar-refractivity contribution in [3.05, 3.63) is 10.6 Å². The Morgan fingerprint density at radius 3 is 0.841 bits per heavy atom. The molecule has 368 valence electrons. The molecule has 40 heteroatoms. The molecule has 0 aliphatic rings. The first kappa shape index (κ1) is 57.2. The summed E-state index contributed by atoms with van der Waals surface area (Å²) in [5.74, 6) is -111. The average Bonchev–Trinajstić information content (AvgIpc) is 3.08. The molecule has 0 aromatic carbocycles. The number of carbonyl (C=O) groups excluding carboxylic acids is 2. The van der Waals surface area contributed by atoms with Crippen LogP contribution in [0.3, 0.4) is 0 Å². The highest BCUT2D eigenvalue weighted by Gasteiger charge is 2.95. The van der Waals surface area contributed by atoms with Crippen molar-refractivity contribution in [3.63, 3.8) is 0 Å². The molecule has 63 heavy (non-hydrogen) atoms. The van der Waals surface area contributed by atoms with Crippen molar-refractivity contribution < 1.29 is 141 Å². The molecule has 1 rings (SSSR count). The van der Waals surface area contributed by atoms with Crippen molar-refractivity contribution in [1.82, 2.24) is 25.6 Å². The third-order valence-corrected chi connectivity index (χ3v) is 7.75. The Hall–Kier alpha value is -3.77. The molecule has 0 bridgehead atoms. The van der Waals surface area contributed by atoms with Crippen LogP contribution in [0.2, 0.25) is 10.6 Å². The van der Waals surface area contributed by atoms with Gasteiger partial charge in [-0.2, -0.15) is 147 Å². The standard InChI is InChI=1S/C23H10Cl2F30N6O2/c24-7-58-8(25)60-9(59-7)61(3-1-56-5(62)10(26,27)12(30,31)14(34,35)16(38,39)18(42,43)20(46,47)22(50,51)52)4-2-57-6(63)11(28,29)13(32,33)15(36,37)17(40,41)19(44,45)21(48,49)23(53,54)55/h1-4H2,(H,56,62)(H,57,63). The summed E-state index contributed by atoms with van der Waals surface area (Å²) in [5, 5.41) is -1.50. The number of alkyl halides is 30. The topological polar surface area (TPSA) is 100 Å². The normalized spacial score (nSPS) is 15.4. The molecule has 0 aliphatic carbocycles. The third-order valence-electron chi connectivity index (χ3n) is 7.41. The van der Waals surface area contributed by atoms with E-state index in [1.807, 2.05) is 0 Å². The summed E-state index contributed by atoms with van der Waals surface area (Å²) < 4.78 is 403. The van der Waals surface area contributed by atoms with Crippen molar-refractivity contribution >= 4 is 41.0 Å². The van der Waals surface area contributed by atoms with Crippen LogP contribution in [0.25, 0.3) is 0 Å². The third kappa shape index (κ3) is 8.85. The Labute approximate surface area is 333 Å². The Morgan fingerprint density at radius 2 is 0.603 bits per heavy atom. The van der Waals surface area contributed by atoms with Gasteiger partial charge >= 0.3 is 83.4 Å². The number of nitrogens with one attached hydrogen (secondary N) is 2. The Kier molecular flexibility index (Phi) is 15.1. The molecule has 0 aliphatic heterocycles. The first-order chi connectivity index (χ1) is 27.3. The Bertz CT molecular complexity index is 1710. The van der Waals surface area contributed by atoms with E-state index < -0.39 is 138 Å². The van der Waals surface area contributed by atoms with Gasteiger partial charge in [-0.15, -0.1) is 0 Å². The van der Waals surface area contributed by atoms with Crippen LogP contribution in [-0.2, 0) is 9.59 Å².